The molecule has 0 aromatic carbocycles. The van der Waals surface area contributed by atoms with E-state index in [0.717, 1.165) is 0 Å². The van der Waals surface area contributed by atoms with Gasteiger partial charge in [0.1, 0.15) is 0 Å². The molecule has 0 nitrogen and oxygen atoms in total. The summed E-state index contributed by atoms with van der Waals surface area (Å²) in [4.78, 5) is 0. The van der Waals surface area contributed by atoms with Crippen molar-refractivity contribution in [1.29, 1.82) is 0 Å². The third-order valence-corrected chi connectivity index (χ3v) is 0. The van der Waals surface area contributed by atoms with Gasteiger partial charge in [0.2, 0.25) is 0 Å². The van der Waals surface area contributed by atoms with Crippen LogP contribution in [0.25, 0.3) is 0 Å². The average molecular weight is 224 g/mol. The van der Waals surface area contributed by atoms with Gasteiger partial charge in [-0.05, 0) is 0 Å². The Balaban J connectivity index is 0. The van der Waals surface area contributed by atoms with Crippen LogP contribution in [0.15, 0.2) is 0 Å². The Hall–Kier alpha value is 2.28. The van der Waals surface area contributed by atoms with Crippen LogP contribution in [0.5, 0.6) is 0 Å². The van der Waals surface area contributed by atoms with Crippen molar-refractivity contribution in [2.24, 2.45) is 0 Å². The topological polar surface area (TPSA) is 0 Å². The predicted octanol–water partition coefficient (Wildman–Crippen LogP) is -1.08. The molecule has 0 unspecified atom stereocenters. The maximum atomic E-state index is 0. The van der Waals surface area contributed by atoms with Crippen molar-refractivity contribution in [3.63, 3.8) is 0 Å². The molecule has 0 bridgehead atoms. The zero-order chi connectivity index (χ0) is 0. The molecule has 0 saturated heterocycles. The van der Waals surface area contributed by atoms with Gasteiger partial charge in [0.15, 0.2) is 0 Å². The van der Waals surface area contributed by atoms with Gasteiger partial charge in [0.05, 0.1) is 0 Å². The van der Waals surface area contributed by atoms with E-state index in [9.17, 15) is 0 Å². The van der Waals surface area contributed by atoms with Crippen molar-refractivity contribution in [1.82, 2.24) is 0 Å². The Morgan fingerprint density at radius 2 is 0.400 bits per heavy atom. The molecule has 0 aliphatic carbocycles. The van der Waals surface area contributed by atoms with Crippen molar-refractivity contribution in [2.75, 3.05) is 0 Å². The molecule has 0 aromatic rings. The zero-order valence-corrected chi connectivity index (χ0v) is 8.32. The van der Waals surface area contributed by atoms with Crippen LogP contribution in [0, 0.1) is 0 Å². The summed E-state index contributed by atoms with van der Waals surface area (Å²) in [5, 5.41) is 0. The summed E-state index contributed by atoms with van der Waals surface area (Å²) in [6, 6.07) is 0. The largest absolute Gasteiger partial charge is 4.00 e. The van der Waals surface area contributed by atoms with Crippen molar-refractivity contribution in [3.05, 3.63) is 0 Å². The minimum atomic E-state index is 0. The fourth-order valence-electron chi connectivity index (χ4n) is 0. The molecule has 0 amide bonds. The first-order valence-electron chi connectivity index (χ1n) is 0. The summed E-state index contributed by atoms with van der Waals surface area (Å²) in [5.41, 5.74) is 0. The Morgan fingerprint density at radius 3 is 0.400 bits per heavy atom. The second-order valence-electron chi connectivity index (χ2n) is 0. The maximum Gasteiger partial charge on any atom is 4.00 e. The monoisotopic (exact) mass is 222 g/mol. The van der Waals surface area contributed by atoms with Crippen LogP contribution in [0.2, 0.25) is 0 Å². The van der Waals surface area contributed by atoms with Crippen molar-refractivity contribution < 1.29 is 26.2 Å². The van der Waals surface area contributed by atoms with Crippen molar-refractivity contribution in [3.8, 4) is 0 Å². The fourth-order valence-corrected chi connectivity index (χ4v) is 0. The Bertz CT molecular complexity index is 3.61. The van der Waals surface area contributed by atoms with E-state index >= 15 is 0 Å². The van der Waals surface area contributed by atoms with E-state index < -0.39 is 0 Å². The summed E-state index contributed by atoms with van der Waals surface area (Å²) in [6.45, 7) is 0. The minimum absolute atomic E-state index is 0. The van der Waals surface area contributed by atoms with Gasteiger partial charge in [-0.2, -0.15) is 0 Å². The summed E-state index contributed by atoms with van der Waals surface area (Å²) < 4.78 is 0. The van der Waals surface area contributed by atoms with Crippen LogP contribution in [-0.2, 0) is 80.2 Å². The summed E-state index contributed by atoms with van der Waals surface area (Å²) in [5.74, 6) is 0. The van der Waals surface area contributed by atoms with Gasteiger partial charge >= 0.3 is 26.2 Å². The molecule has 5 heavy (non-hydrogen) atoms. The Labute approximate surface area is 79.4 Å². The molecule has 0 radical (unpaired) electrons. The van der Waals surface area contributed by atoms with E-state index in [1.165, 1.54) is 0 Å². The van der Waals surface area contributed by atoms with Crippen LogP contribution in [0.3, 0.4) is 0 Å². The van der Waals surface area contributed by atoms with Gasteiger partial charge in [-0.3, -0.25) is 0 Å². The molecule has 0 saturated carbocycles. The SMILES string of the molecule is [SH-].[SH-].[SH-].[SH-].[Zr+4]. The third kappa shape index (κ3) is 22.1. The van der Waals surface area contributed by atoms with Gasteiger partial charge in [-0.15, -0.1) is 0 Å². The van der Waals surface area contributed by atoms with E-state index in [-0.39, 0.29) is 80.2 Å². The number of thiol groups is 4. The average Bonchev–Trinajstić information content (AvgIpc) is 0. The van der Waals surface area contributed by atoms with Crippen molar-refractivity contribution in [2.45, 2.75) is 0 Å². The van der Waals surface area contributed by atoms with Crippen molar-refractivity contribution >= 4 is 54.0 Å². The van der Waals surface area contributed by atoms with Crippen LogP contribution < -0.4 is 0 Å². The molecule has 5 heteroatoms. The molecule has 0 fully saturated rings. The van der Waals surface area contributed by atoms with E-state index in [4.69, 9.17) is 0 Å². The fraction of sp³-hybridized carbons (Fsp3) is 0. The zero-order valence-electron chi connectivity index (χ0n) is 2.29. The van der Waals surface area contributed by atoms with E-state index in [1.54, 1.807) is 0 Å². The van der Waals surface area contributed by atoms with Gasteiger partial charge in [0.25, 0.3) is 0 Å². The van der Waals surface area contributed by atoms with Gasteiger partial charge in [-0.25, -0.2) is 0 Å². The molecule has 0 heterocycles. The van der Waals surface area contributed by atoms with E-state index in [1.807, 2.05) is 0 Å². The Morgan fingerprint density at radius 1 is 0.400 bits per heavy atom. The molecule has 0 rings (SSSR count). The molecule has 0 spiro atoms. The molecule has 32 valence electrons. The first-order valence-corrected chi connectivity index (χ1v) is 0. The first-order chi connectivity index (χ1) is 0. The molecule has 0 aliphatic rings. The molecule has 0 atom stereocenters. The van der Waals surface area contributed by atoms with E-state index in [0.29, 0.717) is 0 Å². The normalized spacial score (nSPS) is 0. The van der Waals surface area contributed by atoms with Gasteiger partial charge in [0, 0.05) is 0 Å². The minimum Gasteiger partial charge on any atom is -0.813 e. The number of hydrogen-bond donors (Lipinski definition) is 0. The predicted molar refractivity (Wildman–Crippen MR) is 35.0 cm³/mol. The van der Waals surface area contributed by atoms with Gasteiger partial charge in [-0.1, -0.05) is 0 Å². The molecular formula is H4S4Zr. The van der Waals surface area contributed by atoms with Crippen LogP contribution in [0.1, 0.15) is 0 Å². The quantitative estimate of drug-likeness (QED) is 0.378. The summed E-state index contributed by atoms with van der Waals surface area (Å²) >= 11 is 0. The molecule has 0 N–H and O–H groups in total. The number of hydrogen-bond acceptors (Lipinski definition) is 4. The smallest absolute Gasteiger partial charge is 0.813 e. The van der Waals surface area contributed by atoms with Gasteiger partial charge < -0.3 is 54.0 Å². The van der Waals surface area contributed by atoms with Crippen LogP contribution in [-0.4, -0.2) is 0 Å². The maximum absolute atomic E-state index is 0. The van der Waals surface area contributed by atoms with Crippen LogP contribution >= 0.6 is 0 Å². The van der Waals surface area contributed by atoms with Crippen LogP contribution in [0.4, 0.5) is 0 Å². The summed E-state index contributed by atoms with van der Waals surface area (Å²) in [6.07, 6.45) is 0. The molecule has 0 aliphatic heterocycles. The standard InChI is InChI=1S/4H2S.Zr/h4*1H2;/q;;;;+4/p-4. The third-order valence-electron chi connectivity index (χ3n) is 0. The first kappa shape index (κ1) is 55.2. The molecule has 0 aromatic heterocycles. The second-order valence-corrected chi connectivity index (χ2v) is 0. The summed E-state index contributed by atoms with van der Waals surface area (Å²) in [7, 11) is 0. The Kier molecular flexibility index (Phi) is 371. The second kappa shape index (κ2) is 33.6. The molecular weight excluding hydrogens is 219 g/mol. The van der Waals surface area contributed by atoms with E-state index in [2.05, 4.69) is 0 Å². The number of rotatable bonds is 0.